The summed E-state index contributed by atoms with van der Waals surface area (Å²) in [6.07, 6.45) is 1.71. The lowest BCUT2D eigenvalue weighted by atomic mass is 10.0. The van der Waals surface area contributed by atoms with Crippen molar-refractivity contribution in [3.05, 3.63) is 47.2 Å². The summed E-state index contributed by atoms with van der Waals surface area (Å²) < 4.78 is 0. The van der Waals surface area contributed by atoms with Crippen molar-refractivity contribution in [1.82, 2.24) is 10.2 Å². The number of aryl methyl sites for hydroxylation is 2. The highest BCUT2D eigenvalue weighted by atomic mass is 16.1. The summed E-state index contributed by atoms with van der Waals surface area (Å²) in [5, 5.41) is 9.73. The van der Waals surface area contributed by atoms with E-state index in [1.165, 1.54) is 0 Å². The van der Waals surface area contributed by atoms with Crippen LogP contribution in [-0.2, 0) is 12.8 Å². The van der Waals surface area contributed by atoms with Crippen LogP contribution in [0.25, 0.3) is 0 Å². The van der Waals surface area contributed by atoms with Gasteiger partial charge in [0.1, 0.15) is 0 Å². The Balaban J connectivity index is 2.16. The lowest BCUT2D eigenvalue weighted by molar-refractivity contribution is 0.102. The standard InChI is InChI=1S/C14H17N3O/c1-3-10-7-5-6-8-12(10)14(18)15-13-9-11(4-2)16-17-13/h5-9H,3-4H2,1-2H3,(H2,15,16,17,18). The van der Waals surface area contributed by atoms with Crippen molar-refractivity contribution in [3.8, 4) is 0 Å². The normalized spacial score (nSPS) is 10.3. The summed E-state index contributed by atoms with van der Waals surface area (Å²) in [6, 6.07) is 9.47. The summed E-state index contributed by atoms with van der Waals surface area (Å²) in [5.41, 5.74) is 2.76. The van der Waals surface area contributed by atoms with Crippen molar-refractivity contribution >= 4 is 11.7 Å². The molecule has 0 radical (unpaired) electrons. The van der Waals surface area contributed by atoms with Crippen LogP contribution < -0.4 is 5.32 Å². The maximum Gasteiger partial charge on any atom is 0.257 e. The van der Waals surface area contributed by atoms with E-state index in [4.69, 9.17) is 0 Å². The van der Waals surface area contributed by atoms with Crippen LogP contribution in [0, 0.1) is 0 Å². The first-order valence-electron chi connectivity index (χ1n) is 6.18. The number of hydrogen-bond donors (Lipinski definition) is 2. The zero-order valence-electron chi connectivity index (χ0n) is 10.7. The van der Waals surface area contributed by atoms with E-state index in [0.29, 0.717) is 11.4 Å². The van der Waals surface area contributed by atoms with Crippen LogP contribution in [-0.4, -0.2) is 16.1 Å². The van der Waals surface area contributed by atoms with E-state index in [1.54, 1.807) is 0 Å². The molecule has 1 heterocycles. The Bertz CT molecular complexity index is 545. The Labute approximate surface area is 106 Å². The minimum absolute atomic E-state index is 0.110. The number of aromatic nitrogens is 2. The van der Waals surface area contributed by atoms with Crippen LogP contribution in [0.2, 0.25) is 0 Å². The number of carbonyl (C=O) groups excluding carboxylic acids is 1. The van der Waals surface area contributed by atoms with Gasteiger partial charge in [0.2, 0.25) is 0 Å². The minimum Gasteiger partial charge on any atom is -0.305 e. The molecule has 2 N–H and O–H groups in total. The topological polar surface area (TPSA) is 57.8 Å². The van der Waals surface area contributed by atoms with E-state index >= 15 is 0 Å². The highest BCUT2D eigenvalue weighted by molar-refractivity contribution is 6.04. The van der Waals surface area contributed by atoms with Crippen LogP contribution in [0.4, 0.5) is 5.82 Å². The van der Waals surface area contributed by atoms with Crippen molar-refractivity contribution in [2.45, 2.75) is 26.7 Å². The number of rotatable bonds is 4. The van der Waals surface area contributed by atoms with E-state index in [0.717, 1.165) is 24.1 Å². The molecule has 0 saturated carbocycles. The molecule has 0 saturated heterocycles. The van der Waals surface area contributed by atoms with Gasteiger partial charge in [-0.25, -0.2) is 0 Å². The molecule has 0 fully saturated rings. The molecule has 0 spiro atoms. The summed E-state index contributed by atoms with van der Waals surface area (Å²) in [4.78, 5) is 12.1. The Hall–Kier alpha value is -2.10. The molecule has 18 heavy (non-hydrogen) atoms. The second-order valence-electron chi connectivity index (χ2n) is 4.10. The first-order valence-corrected chi connectivity index (χ1v) is 6.18. The van der Waals surface area contributed by atoms with Crippen molar-refractivity contribution < 1.29 is 4.79 Å². The number of carbonyl (C=O) groups is 1. The second kappa shape index (κ2) is 5.49. The summed E-state index contributed by atoms with van der Waals surface area (Å²) in [7, 11) is 0. The summed E-state index contributed by atoms with van der Waals surface area (Å²) >= 11 is 0. The third-order valence-electron chi connectivity index (χ3n) is 2.90. The van der Waals surface area contributed by atoms with Crippen LogP contribution in [0.1, 0.15) is 35.5 Å². The predicted molar refractivity (Wildman–Crippen MR) is 71.7 cm³/mol. The molecular weight excluding hydrogens is 226 g/mol. The van der Waals surface area contributed by atoms with E-state index in [2.05, 4.69) is 15.5 Å². The Morgan fingerprint density at radius 3 is 2.72 bits per heavy atom. The molecular formula is C14H17N3O. The largest absolute Gasteiger partial charge is 0.305 e. The van der Waals surface area contributed by atoms with Gasteiger partial charge in [-0.15, -0.1) is 0 Å². The van der Waals surface area contributed by atoms with Gasteiger partial charge in [0.05, 0.1) is 0 Å². The number of nitrogens with one attached hydrogen (secondary N) is 2. The predicted octanol–water partition coefficient (Wildman–Crippen LogP) is 2.79. The zero-order chi connectivity index (χ0) is 13.0. The molecule has 1 amide bonds. The Morgan fingerprint density at radius 1 is 1.28 bits per heavy atom. The number of benzene rings is 1. The van der Waals surface area contributed by atoms with E-state index in [1.807, 2.05) is 44.2 Å². The van der Waals surface area contributed by atoms with Gasteiger partial charge in [-0.1, -0.05) is 32.0 Å². The molecule has 1 aromatic heterocycles. The fourth-order valence-electron chi connectivity index (χ4n) is 1.84. The Morgan fingerprint density at radius 2 is 2.06 bits per heavy atom. The van der Waals surface area contributed by atoms with E-state index < -0.39 is 0 Å². The van der Waals surface area contributed by atoms with Gasteiger partial charge in [-0.3, -0.25) is 9.89 Å². The molecule has 2 rings (SSSR count). The van der Waals surface area contributed by atoms with Crippen LogP contribution in [0.15, 0.2) is 30.3 Å². The average Bonchev–Trinajstić information content (AvgIpc) is 2.86. The highest BCUT2D eigenvalue weighted by Crippen LogP contribution is 2.13. The summed E-state index contributed by atoms with van der Waals surface area (Å²) in [6.45, 7) is 4.07. The van der Waals surface area contributed by atoms with Gasteiger partial charge in [0.15, 0.2) is 5.82 Å². The number of aromatic amines is 1. The average molecular weight is 243 g/mol. The quantitative estimate of drug-likeness (QED) is 0.867. The van der Waals surface area contributed by atoms with Gasteiger partial charge in [-0.05, 0) is 24.5 Å². The number of hydrogen-bond acceptors (Lipinski definition) is 2. The molecule has 94 valence electrons. The molecule has 0 atom stereocenters. The fourth-order valence-corrected chi connectivity index (χ4v) is 1.84. The molecule has 0 aliphatic carbocycles. The lowest BCUT2D eigenvalue weighted by Gasteiger charge is -2.06. The Kier molecular flexibility index (Phi) is 3.77. The van der Waals surface area contributed by atoms with Crippen LogP contribution in [0.5, 0.6) is 0 Å². The number of nitrogens with zero attached hydrogens (tertiary/aromatic N) is 1. The SMILES string of the molecule is CCc1cc(NC(=O)c2ccccc2CC)n[nH]1. The maximum absolute atomic E-state index is 12.1. The first kappa shape index (κ1) is 12.4. The minimum atomic E-state index is -0.110. The molecule has 0 unspecified atom stereocenters. The molecule has 1 aromatic carbocycles. The van der Waals surface area contributed by atoms with Gasteiger partial charge in [0.25, 0.3) is 5.91 Å². The van der Waals surface area contributed by atoms with Gasteiger partial charge in [-0.2, -0.15) is 5.10 Å². The van der Waals surface area contributed by atoms with Gasteiger partial charge >= 0.3 is 0 Å². The van der Waals surface area contributed by atoms with Gasteiger partial charge in [0, 0.05) is 17.3 Å². The van der Waals surface area contributed by atoms with E-state index in [9.17, 15) is 4.79 Å². The van der Waals surface area contributed by atoms with Crippen molar-refractivity contribution in [3.63, 3.8) is 0 Å². The molecule has 0 aliphatic rings. The number of anilines is 1. The van der Waals surface area contributed by atoms with Crippen LogP contribution >= 0.6 is 0 Å². The monoisotopic (exact) mass is 243 g/mol. The summed E-state index contributed by atoms with van der Waals surface area (Å²) in [5.74, 6) is 0.462. The number of amides is 1. The van der Waals surface area contributed by atoms with Crippen molar-refractivity contribution in [2.75, 3.05) is 5.32 Å². The molecule has 4 nitrogen and oxygen atoms in total. The lowest BCUT2D eigenvalue weighted by Crippen LogP contribution is -2.14. The van der Waals surface area contributed by atoms with E-state index in [-0.39, 0.29) is 5.91 Å². The second-order valence-corrected chi connectivity index (χ2v) is 4.10. The van der Waals surface area contributed by atoms with Gasteiger partial charge < -0.3 is 5.32 Å². The zero-order valence-corrected chi connectivity index (χ0v) is 10.7. The van der Waals surface area contributed by atoms with Crippen molar-refractivity contribution in [2.24, 2.45) is 0 Å². The molecule has 4 heteroatoms. The third kappa shape index (κ3) is 2.59. The third-order valence-corrected chi connectivity index (χ3v) is 2.90. The first-order chi connectivity index (χ1) is 8.74. The molecule has 0 bridgehead atoms. The van der Waals surface area contributed by atoms with Crippen molar-refractivity contribution in [1.29, 1.82) is 0 Å². The van der Waals surface area contributed by atoms with Crippen LogP contribution in [0.3, 0.4) is 0 Å². The maximum atomic E-state index is 12.1. The highest BCUT2D eigenvalue weighted by Gasteiger charge is 2.11. The fraction of sp³-hybridized carbons (Fsp3) is 0.286. The molecule has 2 aromatic rings. The molecule has 0 aliphatic heterocycles. The number of H-pyrrole nitrogens is 1. The smallest absolute Gasteiger partial charge is 0.257 e.